The van der Waals surface area contributed by atoms with E-state index in [0.29, 0.717) is 22.7 Å². The molecule has 0 aromatic heterocycles. The summed E-state index contributed by atoms with van der Waals surface area (Å²) in [5.74, 6) is 1.31. The molecule has 0 amide bonds. The summed E-state index contributed by atoms with van der Waals surface area (Å²) in [4.78, 5) is 2.38. The van der Waals surface area contributed by atoms with Crippen molar-refractivity contribution in [2.45, 2.75) is 78.2 Å². The van der Waals surface area contributed by atoms with Gasteiger partial charge in [-0.15, -0.1) is 0 Å². The number of likely N-dealkylation sites (N-methyl/N-ethyl adjacent to an activating group) is 1. The molecule has 0 bridgehead atoms. The van der Waals surface area contributed by atoms with Crippen molar-refractivity contribution in [1.29, 1.82) is 0 Å². The van der Waals surface area contributed by atoms with Crippen molar-refractivity contribution in [1.82, 2.24) is 10.2 Å². The lowest BCUT2D eigenvalue weighted by molar-refractivity contribution is 0.420. The van der Waals surface area contributed by atoms with Gasteiger partial charge in [0.25, 0.3) is 5.17 Å². The molecule has 0 radical (unpaired) electrons. The highest BCUT2D eigenvalue weighted by atomic mass is 32.1. The van der Waals surface area contributed by atoms with E-state index in [9.17, 15) is 5.11 Å². The molecule has 1 aromatic carbocycles. The Morgan fingerprint density at radius 3 is 2.75 bits per heavy atom. The summed E-state index contributed by atoms with van der Waals surface area (Å²) in [5, 5.41) is 14.8. The maximum absolute atomic E-state index is 11.2. The largest absolute Gasteiger partial charge is 0.507 e. The Balaban J connectivity index is 1.87. The normalized spacial score (nSPS) is 24.6. The lowest BCUT2D eigenvalue weighted by Gasteiger charge is -2.32. The molecule has 2 unspecified atom stereocenters. The molecule has 32 heavy (non-hydrogen) atoms. The van der Waals surface area contributed by atoms with Crippen LogP contribution >= 0.6 is 12.2 Å². The minimum atomic E-state index is 0.0442. The number of allylic oxidation sites excluding steroid dienone is 3. The molecule has 1 saturated heterocycles. The number of ether oxygens (including phenoxy) is 1. The first-order chi connectivity index (χ1) is 15.3. The average molecular weight is 457 g/mol. The Kier molecular flexibility index (Phi) is 8.78. The van der Waals surface area contributed by atoms with Gasteiger partial charge in [0.2, 0.25) is 0 Å². The fraction of sp³-hybridized carbons (Fsp3) is 0.593. The molecular formula is C27H40N2O2S. The topological polar surface area (TPSA) is 44.5 Å². The van der Waals surface area contributed by atoms with E-state index in [1.54, 1.807) is 0 Å². The third-order valence-corrected chi connectivity index (χ3v) is 7.11. The lowest BCUT2D eigenvalue weighted by atomic mass is 9.73. The van der Waals surface area contributed by atoms with E-state index in [1.165, 1.54) is 18.4 Å². The predicted molar refractivity (Wildman–Crippen MR) is 138 cm³/mol. The molecule has 176 valence electrons. The van der Waals surface area contributed by atoms with Crippen molar-refractivity contribution >= 4 is 17.4 Å². The quantitative estimate of drug-likeness (QED) is 0.193. The van der Waals surface area contributed by atoms with E-state index >= 15 is 0 Å². The molecule has 4 nitrogen and oxygen atoms in total. The van der Waals surface area contributed by atoms with Crippen LogP contribution in [0.15, 0.2) is 35.9 Å². The van der Waals surface area contributed by atoms with Crippen LogP contribution in [0.1, 0.15) is 76.8 Å². The van der Waals surface area contributed by atoms with Crippen LogP contribution in [-0.2, 0) is 6.42 Å². The van der Waals surface area contributed by atoms with Crippen molar-refractivity contribution in [3.63, 3.8) is 0 Å². The van der Waals surface area contributed by atoms with Crippen molar-refractivity contribution in [2.75, 3.05) is 19.6 Å². The molecule has 5 heteroatoms. The molecule has 2 aliphatic rings. The van der Waals surface area contributed by atoms with Crippen LogP contribution in [0.25, 0.3) is 0 Å². The Morgan fingerprint density at radius 1 is 1.31 bits per heavy atom. The highest BCUT2D eigenvalue weighted by molar-refractivity contribution is 7.80. The first-order valence-corrected chi connectivity index (χ1v) is 12.6. The van der Waals surface area contributed by atoms with Crippen LogP contribution in [0, 0.1) is 5.92 Å². The van der Waals surface area contributed by atoms with Gasteiger partial charge in [0.15, 0.2) is 0 Å². The van der Waals surface area contributed by atoms with Gasteiger partial charge in [0, 0.05) is 30.6 Å². The zero-order chi connectivity index (χ0) is 23.3. The van der Waals surface area contributed by atoms with Crippen LogP contribution in [0.5, 0.6) is 11.5 Å². The molecule has 1 aliphatic carbocycles. The lowest BCUT2D eigenvalue weighted by Crippen LogP contribution is -2.31. The van der Waals surface area contributed by atoms with Crippen molar-refractivity contribution in [3.8, 4) is 11.5 Å². The zero-order valence-electron chi connectivity index (χ0n) is 20.2. The summed E-state index contributed by atoms with van der Waals surface area (Å²) in [7, 11) is 0. The fourth-order valence-electron chi connectivity index (χ4n) is 4.86. The van der Waals surface area contributed by atoms with Crippen LogP contribution < -0.4 is 10.1 Å². The van der Waals surface area contributed by atoms with E-state index in [4.69, 9.17) is 17.0 Å². The Hall–Kier alpha value is -1.85. The molecule has 1 aromatic rings. The molecule has 0 spiro atoms. The van der Waals surface area contributed by atoms with E-state index < -0.39 is 0 Å². The molecule has 4 atom stereocenters. The molecule has 3 rings (SSSR count). The van der Waals surface area contributed by atoms with Crippen LogP contribution in [-0.4, -0.2) is 40.9 Å². The Morgan fingerprint density at radius 2 is 2.09 bits per heavy atom. The van der Waals surface area contributed by atoms with Gasteiger partial charge in [-0.25, -0.2) is 0 Å². The molecule has 1 fully saturated rings. The number of aryl methyl sites for hydroxylation is 1. The smallest absolute Gasteiger partial charge is 0.262 e. The summed E-state index contributed by atoms with van der Waals surface area (Å²) in [6.45, 7) is 15.8. The monoisotopic (exact) mass is 456 g/mol. The van der Waals surface area contributed by atoms with Gasteiger partial charge in [-0.2, -0.15) is 0 Å². The standard InChI is InChI=1S/C27H40N2O2S/c1-6-8-9-10-20-14-24(30)26(23-13-19(5)11-12-22(23)18(3)4)25(15-20)31-27(32)28-16-21-17-29(21)7-2/h13-15,21-23,30H,3,6-12,16-17H2,1-2,4-5H3,(H,28,32)/t21?,22-,23+,29?/m0/s1. The van der Waals surface area contributed by atoms with E-state index in [1.807, 2.05) is 6.07 Å². The van der Waals surface area contributed by atoms with Crippen molar-refractivity contribution in [3.05, 3.63) is 47.1 Å². The zero-order valence-corrected chi connectivity index (χ0v) is 21.1. The highest BCUT2D eigenvalue weighted by Crippen LogP contribution is 2.47. The number of hydrogen-bond acceptors (Lipinski definition) is 4. The van der Waals surface area contributed by atoms with Crippen LogP contribution in [0.3, 0.4) is 0 Å². The van der Waals surface area contributed by atoms with E-state index in [2.05, 4.69) is 56.6 Å². The van der Waals surface area contributed by atoms with Gasteiger partial charge in [0.05, 0.1) is 0 Å². The summed E-state index contributed by atoms with van der Waals surface area (Å²) < 4.78 is 6.22. The number of benzene rings is 1. The number of nitrogens with one attached hydrogen (secondary N) is 1. The van der Waals surface area contributed by atoms with Gasteiger partial charge in [-0.05, 0) is 81.9 Å². The van der Waals surface area contributed by atoms with E-state index in [0.717, 1.165) is 62.0 Å². The fourth-order valence-corrected chi connectivity index (χ4v) is 5.03. The predicted octanol–water partition coefficient (Wildman–Crippen LogP) is 6.10. The number of aromatic hydroxyl groups is 1. The van der Waals surface area contributed by atoms with Gasteiger partial charge >= 0.3 is 0 Å². The van der Waals surface area contributed by atoms with Crippen LogP contribution in [0.2, 0.25) is 0 Å². The molecule has 2 N–H and O–H groups in total. The molecule has 1 heterocycles. The second kappa shape index (κ2) is 11.3. The Labute approximate surface area is 199 Å². The number of phenolic OH excluding ortho intramolecular Hbond substituents is 1. The third kappa shape index (κ3) is 6.35. The maximum atomic E-state index is 11.2. The van der Waals surface area contributed by atoms with Crippen LogP contribution in [0.4, 0.5) is 0 Å². The first kappa shape index (κ1) is 24.8. The minimum absolute atomic E-state index is 0.0442. The van der Waals surface area contributed by atoms with Gasteiger partial charge in [0.1, 0.15) is 11.5 Å². The summed E-state index contributed by atoms with van der Waals surface area (Å²) in [6, 6.07) is 4.54. The number of hydrogen-bond donors (Lipinski definition) is 2. The van der Waals surface area contributed by atoms with Gasteiger partial charge in [-0.3, -0.25) is 4.90 Å². The second-order valence-electron chi connectivity index (χ2n) is 9.53. The summed E-state index contributed by atoms with van der Waals surface area (Å²) in [5.41, 5.74) is 4.42. The number of rotatable bonds is 10. The minimum Gasteiger partial charge on any atom is -0.507 e. The third-order valence-electron chi connectivity index (χ3n) is 6.88. The summed E-state index contributed by atoms with van der Waals surface area (Å²) >= 11 is 5.55. The summed E-state index contributed by atoms with van der Waals surface area (Å²) in [6.07, 6.45) is 8.76. The van der Waals surface area contributed by atoms with Gasteiger partial charge in [-0.1, -0.05) is 50.5 Å². The molecule has 0 saturated carbocycles. The highest BCUT2D eigenvalue weighted by Gasteiger charge is 2.33. The number of unbranched alkanes of at least 4 members (excludes halogenated alkanes) is 2. The average Bonchev–Trinajstić information content (AvgIpc) is 3.51. The molecular weight excluding hydrogens is 416 g/mol. The van der Waals surface area contributed by atoms with E-state index in [-0.39, 0.29) is 11.8 Å². The van der Waals surface area contributed by atoms with Gasteiger partial charge < -0.3 is 15.2 Å². The SMILES string of the molecule is C=C(C)[C@@H]1CCC(C)=C[C@H]1c1c(O)cc(CCCCC)cc1OC(=S)NCC1CN1CC. The first-order valence-electron chi connectivity index (χ1n) is 12.2. The van der Waals surface area contributed by atoms with Crippen molar-refractivity contribution in [2.24, 2.45) is 5.92 Å². The maximum Gasteiger partial charge on any atom is 0.262 e. The second-order valence-corrected chi connectivity index (χ2v) is 9.90. The number of phenols is 1. The Bertz CT molecular complexity index is 863. The number of nitrogens with zero attached hydrogens (tertiary/aromatic N) is 1. The number of thiocarbonyl (C=S) groups is 1. The van der Waals surface area contributed by atoms with Crippen molar-refractivity contribution < 1.29 is 9.84 Å². The molecule has 1 aliphatic heterocycles.